The zero-order valence-corrected chi connectivity index (χ0v) is 27.1. The van der Waals surface area contributed by atoms with Gasteiger partial charge in [0, 0.05) is 0 Å². The predicted molar refractivity (Wildman–Crippen MR) is 177 cm³/mol. The van der Waals surface area contributed by atoms with Crippen LogP contribution >= 0.6 is 0 Å². The van der Waals surface area contributed by atoms with E-state index in [0.717, 1.165) is 18.8 Å². The molecule has 0 aromatic heterocycles. The summed E-state index contributed by atoms with van der Waals surface area (Å²) in [6.07, 6.45) is 0.992. The van der Waals surface area contributed by atoms with Crippen LogP contribution in [0.4, 0.5) is 0 Å². The van der Waals surface area contributed by atoms with Gasteiger partial charge in [0.1, 0.15) is 5.75 Å². The van der Waals surface area contributed by atoms with Crippen molar-refractivity contribution in [1.29, 1.82) is 0 Å². The molecule has 1 heteroatoms. The summed E-state index contributed by atoms with van der Waals surface area (Å²) < 4.78 is 6.00. The summed E-state index contributed by atoms with van der Waals surface area (Å²) in [4.78, 5) is 0. The minimum atomic E-state index is -0.494. The van der Waals surface area contributed by atoms with Crippen molar-refractivity contribution in [3.05, 3.63) is 136 Å². The van der Waals surface area contributed by atoms with Crippen molar-refractivity contribution in [1.82, 2.24) is 0 Å². The maximum atomic E-state index is 6.00. The van der Waals surface area contributed by atoms with Gasteiger partial charge in [-0.3, -0.25) is 0 Å². The van der Waals surface area contributed by atoms with Gasteiger partial charge in [-0.1, -0.05) is 154 Å². The van der Waals surface area contributed by atoms with Gasteiger partial charge in [0.15, 0.2) is 0 Å². The summed E-state index contributed by atoms with van der Waals surface area (Å²) in [6, 6.07) is 36.8. The van der Waals surface area contributed by atoms with E-state index in [-0.39, 0.29) is 16.2 Å². The molecule has 0 radical (unpaired) electrons. The van der Waals surface area contributed by atoms with E-state index in [0.29, 0.717) is 0 Å². The van der Waals surface area contributed by atoms with E-state index in [1.165, 1.54) is 38.9 Å². The molecule has 216 valence electrons. The lowest BCUT2D eigenvalue weighted by Gasteiger charge is -2.38. The maximum absolute atomic E-state index is 6.00. The molecule has 0 aliphatic carbocycles. The highest BCUT2D eigenvalue weighted by atomic mass is 16.5. The lowest BCUT2D eigenvalue weighted by atomic mass is 9.64. The molecule has 0 fully saturated rings. The maximum Gasteiger partial charge on any atom is 0.119 e. The fourth-order valence-corrected chi connectivity index (χ4v) is 5.68. The van der Waals surface area contributed by atoms with Gasteiger partial charge in [0.05, 0.1) is 12.0 Å². The molecule has 4 aromatic rings. The van der Waals surface area contributed by atoms with E-state index in [9.17, 15) is 0 Å². The zero-order valence-electron chi connectivity index (χ0n) is 27.1. The van der Waals surface area contributed by atoms with Crippen LogP contribution in [0.3, 0.4) is 0 Å². The number of hydrogen-bond donors (Lipinski definition) is 0. The first kappa shape index (κ1) is 30.6. The van der Waals surface area contributed by atoms with Crippen molar-refractivity contribution in [2.24, 2.45) is 0 Å². The fourth-order valence-electron chi connectivity index (χ4n) is 5.68. The van der Waals surface area contributed by atoms with Crippen LogP contribution in [0.25, 0.3) is 0 Å². The Kier molecular flexibility index (Phi) is 8.60. The Bertz CT molecular complexity index is 1260. The molecule has 1 nitrogen and oxygen atoms in total. The van der Waals surface area contributed by atoms with Crippen molar-refractivity contribution in [2.75, 3.05) is 6.61 Å². The number of benzene rings is 4. The van der Waals surface area contributed by atoms with Crippen molar-refractivity contribution >= 4 is 0 Å². The molecular weight excluding hydrogens is 496 g/mol. The van der Waals surface area contributed by atoms with Gasteiger partial charge in [0.25, 0.3) is 0 Å². The SMILES string of the molecule is CCCOc1ccc(C(c2ccc(C(C)(C)C)cc2)(c2ccc(C(C)(C)C)cc2)c2ccc(C(C)(C)C)cc2)cc1. The van der Waals surface area contributed by atoms with Gasteiger partial charge in [-0.2, -0.15) is 0 Å². The van der Waals surface area contributed by atoms with Crippen LogP contribution < -0.4 is 4.74 Å². The standard InChI is InChI=1S/C40H50O/c1-11-28-41-36-26-24-35(25-27-36)40(32-18-12-29(13-19-32)37(2,3)4,33-20-14-30(15-21-33)38(5,6)7)34-22-16-31(17-23-34)39(8,9)10/h12-27H,11,28H2,1-10H3. The average molecular weight is 547 g/mol. The normalized spacial score (nSPS) is 12.8. The second kappa shape index (κ2) is 11.5. The number of rotatable bonds is 7. The van der Waals surface area contributed by atoms with E-state index in [1.54, 1.807) is 0 Å². The van der Waals surface area contributed by atoms with Crippen LogP contribution in [-0.4, -0.2) is 6.61 Å². The molecule has 0 N–H and O–H groups in total. The summed E-state index contributed by atoms with van der Waals surface area (Å²) in [7, 11) is 0. The molecular formula is C40H50O. The molecule has 41 heavy (non-hydrogen) atoms. The van der Waals surface area contributed by atoms with Crippen molar-refractivity contribution in [3.63, 3.8) is 0 Å². The Morgan fingerprint density at radius 2 is 0.634 bits per heavy atom. The predicted octanol–water partition coefficient (Wildman–Crippen LogP) is 10.8. The Balaban J connectivity index is 2.04. The molecule has 0 heterocycles. The molecule has 4 aromatic carbocycles. The minimum Gasteiger partial charge on any atom is -0.494 e. The third-order valence-electron chi connectivity index (χ3n) is 8.31. The Hall–Kier alpha value is -3.32. The van der Waals surface area contributed by atoms with Crippen molar-refractivity contribution < 1.29 is 4.74 Å². The lowest BCUT2D eigenvalue weighted by molar-refractivity contribution is 0.317. The van der Waals surface area contributed by atoms with Crippen LogP contribution in [-0.2, 0) is 21.7 Å². The van der Waals surface area contributed by atoms with Gasteiger partial charge in [-0.15, -0.1) is 0 Å². The van der Waals surface area contributed by atoms with Crippen LogP contribution in [0.1, 0.15) is 115 Å². The van der Waals surface area contributed by atoms with Gasteiger partial charge < -0.3 is 4.74 Å². The van der Waals surface area contributed by atoms with Crippen LogP contribution in [0, 0.1) is 0 Å². The monoisotopic (exact) mass is 546 g/mol. The summed E-state index contributed by atoms with van der Waals surface area (Å²) in [5, 5.41) is 0. The smallest absolute Gasteiger partial charge is 0.119 e. The molecule has 0 aliphatic rings. The second-order valence-corrected chi connectivity index (χ2v) is 14.6. The van der Waals surface area contributed by atoms with Gasteiger partial charge in [-0.05, 0) is 73.7 Å². The zero-order chi connectivity index (χ0) is 30.1. The highest BCUT2D eigenvalue weighted by Gasteiger charge is 2.39. The number of ether oxygens (including phenoxy) is 1. The Morgan fingerprint density at radius 1 is 0.390 bits per heavy atom. The van der Waals surface area contributed by atoms with E-state index >= 15 is 0 Å². The molecule has 0 saturated heterocycles. The molecule has 0 aliphatic heterocycles. The summed E-state index contributed by atoms with van der Waals surface area (Å²) >= 11 is 0. The van der Waals surface area contributed by atoms with Crippen molar-refractivity contribution in [3.8, 4) is 5.75 Å². The molecule has 0 unspecified atom stereocenters. The number of hydrogen-bond acceptors (Lipinski definition) is 1. The molecule has 0 spiro atoms. The van der Waals surface area contributed by atoms with E-state index in [2.05, 4.69) is 166 Å². The Morgan fingerprint density at radius 3 is 0.878 bits per heavy atom. The van der Waals surface area contributed by atoms with Crippen molar-refractivity contribution in [2.45, 2.75) is 97.3 Å². The highest BCUT2D eigenvalue weighted by molar-refractivity contribution is 5.61. The van der Waals surface area contributed by atoms with Crippen LogP contribution in [0.2, 0.25) is 0 Å². The second-order valence-electron chi connectivity index (χ2n) is 14.6. The third-order valence-corrected chi connectivity index (χ3v) is 8.31. The quantitative estimate of drug-likeness (QED) is 0.209. The van der Waals surface area contributed by atoms with E-state index < -0.39 is 5.41 Å². The molecule has 0 saturated carbocycles. The van der Waals surface area contributed by atoms with Gasteiger partial charge in [-0.25, -0.2) is 0 Å². The third kappa shape index (κ3) is 6.45. The lowest BCUT2D eigenvalue weighted by Crippen LogP contribution is -2.31. The summed E-state index contributed by atoms with van der Waals surface area (Å²) in [6.45, 7) is 23.4. The first-order chi connectivity index (χ1) is 19.2. The largest absolute Gasteiger partial charge is 0.494 e. The van der Waals surface area contributed by atoms with Crippen LogP contribution in [0.15, 0.2) is 97.1 Å². The first-order valence-corrected chi connectivity index (χ1v) is 15.2. The minimum absolute atomic E-state index is 0.0855. The highest BCUT2D eigenvalue weighted by Crippen LogP contribution is 2.47. The molecule has 0 amide bonds. The summed E-state index contributed by atoms with van der Waals surface area (Å²) in [5.41, 5.74) is 8.80. The molecule has 4 rings (SSSR count). The summed E-state index contributed by atoms with van der Waals surface area (Å²) in [5.74, 6) is 0.916. The molecule has 0 atom stereocenters. The molecule has 0 bridgehead atoms. The van der Waals surface area contributed by atoms with Crippen LogP contribution in [0.5, 0.6) is 5.75 Å². The van der Waals surface area contributed by atoms with Gasteiger partial charge >= 0.3 is 0 Å². The van der Waals surface area contributed by atoms with E-state index in [1.807, 2.05) is 0 Å². The van der Waals surface area contributed by atoms with Gasteiger partial charge in [0.2, 0.25) is 0 Å². The average Bonchev–Trinajstić information content (AvgIpc) is 2.92. The van der Waals surface area contributed by atoms with E-state index in [4.69, 9.17) is 4.74 Å². The first-order valence-electron chi connectivity index (χ1n) is 15.2. The topological polar surface area (TPSA) is 9.23 Å². The fraction of sp³-hybridized carbons (Fsp3) is 0.400. The Labute approximate surface area is 250 Å².